The fraction of sp³-hybridized carbons (Fsp3) is 0.750. The molecule has 9 heteroatoms. The van der Waals surface area contributed by atoms with Crippen LogP contribution in [0.5, 0.6) is 0 Å². The minimum absolute atomic E-state index is 0.422. The lowest BCUT2D eigenvalue weighted by Gasteiger charge is -2.02. The molecule has 0 heterocycles. The summed E-state index contributed by atoms with van der Waals surface area (Å²) in [6, 6.07) is 0. The summed E-state index contributed by atoms with van der Waals surface area (Å²) >= 11 is 0. The molecule has 2 N–H and O–H groups in total. The van der Waals surface area contributed by atoms with E-state index in [4.69, 9.17) is 10.00 Å². The number of phosphoric acid groups is 1. The zero-order chi connectivity index (χ0) is 10.5. The normalized spacial score (nSPS) is 16.3. The fourth-order valence-corrected chi connectivity index (χ4v) is 2.09. The van der Waals surface area contributed by atoms with Gasteiger partial charge in [0, 0.05) is 0 Å². The molecule has 76 valence electrons. The zero-order valence-electron chi connectivity index (χ0n) is 6.74. The van der Waals surface area contributed by atoms with Crippen molar-refractivity contribution in [2.45, 2.75) is 6.42 Å². The van der Waals surface area contributed by atoms with E-state index in [1.54, 1.807) is 0 Å². The van der Waals surface area contributed by atoms with Crippen LogP contribution in [0.4, 0.5) is 0 Å². The molecule has 0 rings (SSSR count). The summed E-state index contributed by atoms with van der Waals surface area (Å²) in [5.74, 6) is -1.17. The van der Waals surface area contributed by atoms with Gasteiger partial charge in [-0.15, -0.1) is 0 Å². The Balaban J connectivity index is 3.82. The van der Waals surface area contributed by atoms with Gasteiger partial charge in [-0.2, -0.15) is 0 Å². The minimum atomic E-state index is -4.35. The Morgan fingerprint density at radius 1 is 1.62 bits per heavy atom. The van der Waals surface area contributed by atoms with E-state index in [1.807, 2.05) is 0 Å². The molecule has 0 aliphatic rings. The monoisotopic (exact) mass is 231 g/mol. The molecular weight excluding hydrogens is 222 g/mol. The van der Waals surface area contributed by atoms with Gasteiger partial charge in [0.1, 0.15) is 0 Å². The lowest BCUT2D eigenvalue weighted by Crippen LogP contribution is -2.01. The quantitative estimate of drug-likeness (QED) is 0.655. The average molecular weight is 231 g/mol. The Morgan fingerprint density at radius 2 is 2.15 bits per heavy atom. The number of hydrogen-bond acceptors (Lipinski definition) is 5. The van der Waals surface area contributed by atoms with Crippen molar-refractivity contribution in [3.63, 3.8) is 0 Å². The van der Waals surface area contributed by atoms with Crippen molar-refractivity contribution < 1.29 is 32.8 Å². The maximum atomic E-state index is 10.7. The van der Waals surface area contributed by atoms with E-state index in [-0.39, 0.29) is 0 Å². The van der Waals surface area contributed by atoms with E-state index in [0.717, 1.165) is 6.66 Å². The van der Waals surface area contributed by atoms with E-state index < -0.39 is 34.8 Å². The Morgan fingerprint density at radius 3 is 2.54 bits per heavy atom. The van der Waals surface area contributed by atoms with Gasteiger partial charge in [-0.05, 0) is 8.88 Å². The highest BCUT2D eigenvalue weighted by Gasteiger charge is 2.31. The van der Waals surface area contributed by atoms with Crippen LogP contribution in [0.2, 0.25) is 0 Å². The predicted molar refractivity (Wildman–Crippen MR) is 42.6 cm³/mol. The van der Waals surface area contributed by atoms with Gasteiger partial charge in [0.25, 0.3) is 0 Å². The second-order valence-corrected chi connectivity index (χ2v) is 4.69. The highest BCUT2D eigenvalue weighted by Crippen LogP contribution is 2.50. The number of phosphoric ester groups is 1. The maximum absolute atomic E-state index is 10.7. The first kappa shape index (κ1) is 12.7. The molecule has 0 aliphatic heterocycles. The van der Waals surface area contributed by atoms with Crippen molar-refractivity contribution in [2.75, 3.05) is 13.3 Å². The van der Waals surface area contributed by atoms with Gasteiger partial charge in [-0.25, -0.2) is 4.57 Å². The predicted octanol–water partition coefficient (Wildman–Crippen LogP) is 0.967. The molecule has 13 heavy (non-hydrogen) atoms. The molecule has 0 fully saturated rings. The molecular formula is C4H9O7P2+. The lowest BCUT2D eigenvalue weighted by atomic mass is 10.5. The summed E-state index contributed by atoms with van der Waals surface area (Å²) in [4.78, 5) is 18.7. The van der Waals surface area contributed by atoms with E-state index in [9.17, 15) is 13.9 Å². The molecule has 0 aliphatic carbocycles. The first-order valence-electron chi connectivity index (χ1n) is 3.13. The third kappa shape index (κ3) is 8.02. The van der Waals surface area contributed by atoms with Gasteiger partial charge >= 0.3 is 21.8 Å². The molecule has 2 unspecified atom stereocenters. The van der Waals surface area contributed by atoms with Gasteiger partial charge < -0.3 is 10.00 Å². The number of hydrogen-bond donors (Lipinski definition) is 2. The van der Waals surface area contributed by atoms with Crippen LogP contribution in [-0.4, -0.2) is 29.2 Å². The first-order chi connectivity index (χ1) is 5.83. The molecule has 2 atom stereocenters. The zero-order valence-corrected chi connectivity index (χ0v) is 8.53. The second-order valence-electron chi connectivity index (χ2n) is 1.97. The largest absolute Gasteiger partial charge is 0.515 e. The second kappa shape index (κ2) is 5.42. The van der Waals surface area contributed by atoms with Gasteiger partial charge in [0.05, 0.1) is 13.0 Å². The third-order valence-electron chi connectivity index (χ3n) is 0.789. The highest BCUT2D eigenvalue weighted by molar-refractivity contribution is 7.57. The molecule has 0 aromatic rings. The van der Waals surface area contributed by atoms with Crippen molar-refractivity contribution in [1.29, 1.82) is 0 Å². The smallest absolute Gasteiger partial charge is 0.481 e. The summed E-state index contributed by atoms with van der Waals surface area (Å²) in [5.41, 5.74) is 0. The molecule has 0 spiro atoms. The van der Waals surface area contributed by atoms with Crippen LogP contribution in [0.3, 0.4) is 0 Å². The third-order valence-corrected chi connectivity index (χ3v) is 3.04. The van der Waals surface area contributed by atoms with Crippen LogP contribution in [0.15, 0.2) is 0 Å². The van der Waals surface area contributed by atoms with Crippen LogP contribution < -0.4 is 0 Å². The van der Waals surface area contributed by atoms with Gasteiger partial charge in [-0.1, -0.05) is 0 Å². The molecule has 0 saturated heterocycles. The van der Waals surface area contributed by atoms with Gasteiger partial charge in [0.2, 0.25) is 0 Å². The molecule has 7 nitrogen and oxygen atoms in total. The molecule has 0 aromatic carbocycles. The summed E-state index contributed by atoms with van der Waals surface area (Å²) in [7, 11) is -6.61. The van der Waals surface area contributed by atoms with Crippen molar-refractivity contribution in [3.05, 3.63) is 0 Å². The fourth-order valence-electron chi connectivity index (χ4n) is 0.417. The standard InChI is InChI=1S/C4H8O7P2/c1-12(7)11-13(8,9)10-3-2-4(5)6/h2-3H2,1H3,(H-,5,6,8,9)/p+1. The Hall–Kier alpha value is -0.320. The lowest BCUT2D eigenvalue weighted by molar-refractivity contribution is -0.137. The van der Waals surface area contributed by atoms with E-state index >= 15 is 0 Å². The number of carboxylic acid groups (broad SMARTS) is 1. The van der Waals surface area contributed by atoms with Crippen LogP contribution in [-0.2, 0) is 22.8 Å². The molecule has 0 amide bonds. The first-order valence-corrected chi connectivity index (χ1v) is 6.25. The average Bonchev–Trinajstić information content (AvgIpc) is 1.81. The van der Waals surface area contributed by atoms with Crippen LogP contribution in [0.1, 0.15) is 6.42 Å². The number of rotatable bonds is 6. The topological polar surface area (TPSA) is 110 Å². The number of aliphatic carboxylic acids is 1. The summed E-state index contributed by atoms with van der Waals surface area (Å²) in [5, 5.41) is 8.14. The van der Waals surface area contributed by atoms with E-state index in [1.165, 1.54) is 0 Å². The molecule has 0 aromatic heterocycles. The summed E-state index contributed by atoms with van der Waals surface area (Å²) < 4.78 is 29.3. The van der Waals surface area contributed by atoms with E-state index in [0.29, 0.717) is 0 Å². The van der Waals surface area contributed by atoms with E-state index in [2.05, 4.69) is 8.83 Å². The van der Waals surface area contributed by atoms with Crippen molar-refractivity contribution >= 4 is 21.8 Å². The maximum Gasteiger partial charge on any atom is 0.515 e. The van der Waals surface area contributed by atoms with Crippen molar-refractivity contribution in [1.82, 2.24) is 0 Å². The highest BCUT2D eigenvalue weighted by atomic mass is 31.2. The minimum Gasteiger partial charge on any atom is -0.481 e. The van der Waals surface area contributed by atoms with Crippen molar-refractivity contribution in [3.8, 4) is 0 Å². The molecule has 0 saturated carbocycles. The van der Waals surface area contributed by atoms with Gasteiger partial charge in [0.15, 0.2) is 6.66 Å². The number of carboxylic acids is 1. The summed E-state index contributed by atoms with van der Waals surface area (Å²) in [6.07, 6.45) is -0.422. The molecule has 0 bridgehead atoms. The van der Waals surface area contributed by atoms with Crippen molar-refractivity contribution in [2.24, 2.45) is 0 Å². The Bertz CT molecular complexity index is 249. The number of carbonyl (C=O) groups is 1. The Kier molecular flexibility index (Phi) is 5.29. The SMILES string of the molecule is C[P+](=O)OP(=O)(O)OCCC(=O)O. The van der Waals surface area contributed by atoms with Gasteiger partial charge in [-0.3, -0.25) is 9.32 Å². The molecule has 0 radical (unpaired) electrons. The summed E-state index contributed by atoms with van der Waals surface area (Å²) in [6.45, 7) is 0.616. The Labute approximate surface area is 75.2 Å². The van der Waals surface area contributed by atoms with Crippen LogP contribution in [0.25, 0.3) is 0 Å². The van der Waals surface area contributed by atoms with Crippen LogP contribution >= 0.6 is 15.9 Å². The van der Waals surface area contributed by atoms with Crippen LogP contribution in [0, 0.1) is 0 Å².